The Labute approximate surface area is 149 Å². The monoisotopic (exact) mass is 348 g/mol. The van der Waals surface area contributed by atoms with Gasteiger partial charge in [-0.25, -0.2) is 4.79 Å². The number of carbonyl (C=O) groups excluding carboxylic acids is 2. The zero-order valence-electron chi connectivity index (χ0n) is 15.2. The summed E-state index contributed by atoms with van der Waals surface area (Å²) in [6, 6.07) is 8.84. The molecule has 0 spiro atoms. The van der Waals surface area contributed by atoms with Gasteiger partial charge in [0.25, 0.3) is 0 Å². The van der Waals surface area contributed by atoms with Crippen molar-refractivity contribution in [1.29, 1.82) is 0 Å². The zero-order valence-corrected chi connectivity index (χ0v) is 15.2. The first kappa shape index (κ1) is 19.2. The number of ether oxygens (including phenoxy) is 2. The number of benzene rings is 1. The molecule has 3 atom stereocenters. The molecule has 0 saturated carbocycles. The zero-order chi connectivity index (χ0) is 18.4. The fourth-order valence-corrected chi connectivity index (χ4v) is 3.36. The number of hydrogen-bond acceptors (Lipinski definition) is 5. The van der Waals surface area contributed by atoms with Crippen molar-refractivity contribution in [3.05, 3.63) is 35.9 Å². The smallest absolute Gasteiger partial charge is 0.410 e. The third kappa shape index (κ3) is 4.72. The molecule has 0 aromatic heterocycles. The maximum absolute atomic E-state index is 12.6. The average molecular weight is 348 g/mol. The van der Waals surface area contributed by atoms with E-state index in [0.29, 0.717) is 19.6 Å². The lowest BCUT2D eigenvalue weighted by Crippen LogP contribution is -2.51. The molecule has 25 heavy (non-hydrogen) atoms. The van der Waals surface area contributed by atoms with Crippen LogP contribution in [0.2, 0.25) is 0 Å². The molecule has 138 valence electrons. The lowest BCUT2D eigenvalue weighted by molar-refractivity contribution is -0.152. The van der Waals surface area contributed by atoms with Crippen LogP contribution in [-0.4, -0.2) is 42.2 Å². The maximum atomic E-state index is 12.6. The highest BCUT2D eigenvalue weighted by Gasteiger charge is 2.45. The minimum Gasteiger partial charge on any atom is -0.466 e. The first-order valence-corrected chi connectivity index (χ1v) is 8.85. The number of hydrogen-bond donors (Lipinski definition) is 1. The lowest BCUT2D eigenvalue weighted by Gasteiger charge is -2.34. The summed E-state index contributed by atoms with van der Waals surface area (Å²) in [6.45, 7) is 6.66. The summed E-state index contributed by atoms with van der Waals surface area (Å²) in [5, 5.41) is 0. The quantitative estimate of drug-likeness (QED) is 0.799. The van der Waals surface area contributed by atoms with Crippen LogP contribution in [0.15, 0.2) is 30.3 Å². The minimum absolute atomic E-state index is 0.0117. The van der Waals surface area contributed by atoms with Gasteiger partial charge in [0.15, 0.2) is 0 Å². The van der Waals surface area contributed by atoms with E-state index in [0.717, 1.165) is 5.56 Å². The van der Waals surface area contributed by atoms with Crippen molar-refractivity contribution in [3.63, 3.8) is 0 Å². The number of amides is 1. The van der Waals surface area contributed by atoms with E-state index in [9.17, 15) is 9.59 Å². The van der Waals surface area contributed by atoms with Crippen molar-refractivity contribution >= 4 is 12.1 Å². The van der Waals surface area contributed by atoms with Gasteiger partial charge in [-0.3, -0.25) is 4.79 Å². The Morgan fingerprint density at radius 1 is 1.24 bits per heavy atom. The highest BCUT2D eigenvalue weighted by atomic mass is 16.6. The predicted molar refractivity (Wildman–Crippen MR) is 94.7 cm³/mol. The second-order valence-corrected chi connectivity index (χ2v) is 6.70. The summed E-state index contributed by atoms with van der Waals surface area (Å²) in [4.78, 5) is 26.6. The van der Waals surface area contributed by atoms with E-state index < -0.39 is 18.1 Å². The molecule has 0 radical (unpaired) electrons. The van der Waals surface area contributed by atoms with Gasteiger partial charge < -0.3 is 20.1 Å². The van der Waals surface area contributed by atoms with Crippen molar-refractivity contribution < 1.29 is 19.1 Å². The van der Waals surface area contributed by atoms with Crippen molar-refractivity contribution in [2.45, 2.75) is 45.9 Å². The summed E-state index contributed by atoms with van der Waals surface area (Å²) >= 11 is 0. The van der Waals surface area contributed by atoms with Crippen LogP contribution < -0.4 is 5.73 Å². The molecule has 0 bridgehead atoms. The predicted octanol–water partition coefficient (Wildman–Crippen LogP) is 2.56. The molecule has 1 aliphatic rings. The number of carbonyl (C=O) groups is 2. The van der Waals surface area contributed by atoms with Crippen LogP contribution in [0.5, 0.6) is 0 Å². The van der Waals surface area contributed by atoms with Crippen molar-refractivity contribution in [1.82, 2.24) is 4.90 Å². The van der Waals surface area contributed by atoms with Crippen LogP contribution >= 0.6 is 0 Å². The number of esters is 1. The van der Waals surface area contributed by atoms with Gasteiger partial charge in [-0.05, 0) is 24.8 Å². The highest BCUT2D eigenvalue weighted by molar-refractivity contribution is 5.76. The van der Waals surface area contributed by atoms with Crippen LogP contribution in [0, 0.1) is 11.8 Å². The molecule has 6 nitrogen and oxygen atoms in total. The molecule has 1 unspecified atom stereocenters. The summed E-state index contributed by atoms with van der Waals surface area (Å²) in [6.07, 6.45) is 0.213. The molecule has 2 rings (SSSR count). The molecule has 1 heterocycles. The molecule has 1 amide bonds. The van der Waals surface area contributed by atoms with E-state index in [1.807, 2.05) is 44.2 Å². The summed E-state index contributed by atoms with van der Waals surface area (Å²) in [7, 11) is 0. The summed E-state index contributed by atoms with van der Waals surface area (Å²) in [5.74, 6) is -0.750. The largest absolute Gasteiger partial charge is 0.466 e. The van der Waals surface area contributed by atoms with Crippen LogP contribution in [-0.2, 0) is 20.9 Å². The molecule has 6 heteroatoms. The van der Waals surface area contributed by atoms with Crippen molar-refractivity contribution in [2.75, 3.05) is 13.2 Å². The van der Waals surface area contributed by atoms with E-state index in [4.69, 9.17) is 15.2 Å². The standard InChI is InChI=1S/C19H28N2O4/c1-4-24-18(22)16(13(2)3)17-15(20)10-11-21(17)19(23)25-12-14-8-6-5-7-9-14/h5-9,13,15-17H,4,10-12,20H2,1-3H3/t15-,16?,17-/m0/s1. The second kappa shape index (κ2) is 8.85. The van der Waals surface area contributed by atoms with Gasteiger partial charge >= 0.3 is 12.1 Å². The first-order valence-electron chi connectivity index (χ1n) is 8.85. The topological polar surface area (TPSA) is 81.9 Å². The molecule has 2 N–H and O–H groups in total. The number of rotatable bonds is 6. The minimum atomic E-state index is -0.457. The van der Waals surface area contributed by atoms with Crippen LogP contribution in [0.25, 0.3) is 0 Å². The molecule has 1 aromatic rings. The van der Waals surface area contributed by atoms with Crippen molar-refractivity contribution in [3.8, 4) is 0 Å². The average Bonchev–Trinajstić information content (AvgIpc) is 2.95. The van der Waals surface area contributed by atoms with Crippen LogP contribution in [0.1, 0.15) is 32.8 Å². The van der Waals surface area contributed by atoms with E-state index in [1.165, 1.54) is 0 Å². The van der Waals surface area contributed by atoms with Gasteiger partial charge in [0.2, 0.25) is 0 Å². The lowest BCUT2D eigenvalue weighted by atomic mass is 9.85. The number of nitrogens with zero attached hydrogens (tertiary/aromatic N) is 1. The van der Waals surface area contributed by atoms with Gasteiger partial charge in [-0.1, -0.05) is 44.2 Å². The van der Waals surface area contributed by atoms with Crippen molar-refractivity contribution in [2.24, 2.45) is 17.6 Å². The normalized spacial score (nSPS) is 21.2. The first-order chi connectivity index (χ1) is 12.0. The highest BCUT2D eigenvalue weighted by Crippen LogP contribution is 2.30. The van der Waals surface area contributed by atoms with Gasteiger partial charge in [0, 0.05) is 12.6 Å². The Morgan fingerprint density at radius 3 is 2.52 bits per heavy atom. The fourth-order valence-electron chi connectivity index (χ4n) is 3.36. The third-order valence-corrected chi connectivity index (χ3v) is 4.59. The Morgan fingerprint density at radius 2 is 1.92 bits per heavy atom. The van der Waals surface area contributed by atoms with E-state index in [2.05, 4.69) is 0 Å². The van der Waals surface area contributed by atoms with Crippen LogP contribution in [0.4, 0.5) is 4.79 Å². The second-order valence-electron chi connectivity index (χ2n) is 6.70. The molecular weight excluding hydrogens is 320 g/mol. The molecular formula is C19H28N2O4. The van der Waals surface area contributed by atoms with E-state index in [1.54, 1.807) is 11.8 Å². The SMILES string of the molecule is CCOC(=O)C(C(C)C)[C@@H]1[C@@H](N)CCN1C(=O)OCc1ccccc1. The van der Waals surface area contributed by atoms with E-state index in [-0.39, 0.29) is 24.5 Å². The number of nitrogens with two attached hydrogens (primary N) is 1. The maximum Gasteiger partial charge on any atom is 0.410 e. The number of likely N-dealkylation sites (tertiary alicyclic amines) is 1. The van der Waals surface area contributed by atoms with Crippen LogP contribution in [0.3, 0.4) is 0 Å². The Hall–Kier alpha value is -2.08. The Balaban J connectivity index is 2.09. The van der Waals surface area contributed by atoms with Gasteiger partial charge in [0.05, 0.1) is 18.6 Å². The van der Waals surface area contributed by atoms with Gasteiger partial charge in [-0.15, -0.1) is 0 Å². The fraction of sp³-hybridized carbons (Fsp3) is 0.579. The Bertz CT molecular complexity index is 576. The molecule has 0 aliphatic carbocycles. The molecule has 1 aliphatic heterocycles. The summed E-state index contributed by atoms with van der Waals surface area (Å²) < 4.78 is 10.6. The van der Waals surface area contributed by atoms with E-state index >= 15 is 0 Å². The molecule has 1 saturated heterocycles. The molecule has 1 fully saturated rings. The summed E-state index contributed by atoms with van der Waals surface area (Å²) in [5.41, 5.74) is 7.15. The molecule has 1 aromatic carbocycles. The third-order valence-electron chi connectivity index (χ3n) is 4.59. The van der Waals surface area contributed by atoms with Gasteiger partial charge in [0.1, 0.15) is 6.61 Å². The Kier molecular flexibility index (Phi) is 6.82. The van der Waals surface area contributed by atoms with Gasteiger partial charge in [-0.2, -0.15) is 0 Å².